The molecule has 24 heavy (non-hydrogen) atoms. The normalized spacial score (nSPS) is 14.1. The van der Waals surface area contributed by atoms with Gasteiger partial charge in [-0.1, -0.05) is 24.3 Å². The van der Waals surface area contributed by atoms with Crippen LogP contribution < -0.4 is 20.1 Å². The lowest BCUT2D eigenvalue weighted by Gasteiger charge is -2.29. The lowest BCUT2D eigenvalue weighted by atomic mass is 9.96. The first-order valence-corrected chi connectivity index (χ1v) is 8.00. The number of benzene rings is 2. The predicted molar refractivity (Wildman–Crippen MR) is 92.3 cm³/mol. The SMILES string of the molecule is COc1cccc(C(NC(=O)C2CNC2)c2cccc(OC)c2)c1. The lowest BCUT2D eigenvalue weighted by molar-refractivity contribution is -0.126. The number of nitrogens with one attached hydrogen (secondary N) is 2. The molecule has 0 unspecified atom stereocenters. The van der Waals surface area contributed by atoms with E-state index in [0.717, 1.165) is 35.7 Å². The van der Waals surface area contributed by atoms with Crippen molar-refractivity contribution in [2.75, 3.05) is 27.3 Å². The molecule has 1 fully saturated rings. The molecule has 2 aromatic carbocycles. The first kappa shape index (κ1) is 16.3. The van der Waals surface area contributed by atoms with Gasteiger partial charge in [0.1, 0.15) is 11.5 Å². The lowest BCUT2D eigenvalue weighted by Crippen LogP contribution is -2.51. The summed E-state index contributed by atoms with van der Waals surface area (Å²) >= 11 is 0. The molecule has 126 valence electrons. The van der Waals surface area contributed by atoms with Crippen molar-refractivity contribution < 1.29 is 14.3 Å². The zero-order valence-electron chi connectivity index (χ0n) is 13.9. The largest absolute Gasteiger partial charge is 0.497 e. The summed E-state index contributed by atoms with van der Waals surface area (Å²) in [6.07, 6.45) is 0. The molecule has 0 bridgehead atoms. The van der Waals surface area contributed by atoms with E-state index in [1.165, 1.54) is 0 Å². The zero-order chi connectivity index (χ0) is 16.9. The van der Waals surface area contributed by atoms with Crippen molar-refractivity contribution in [3.8, 4) is 11.5 Å². The highest BCUT2D eigenvalue weighted by Crippen LogP contribution is 2.28. The van der Waals surface area contributed by atoms with E-state index in [1.807, 2.05) is 48.5 Å². The van der Waals surface area contributed by atoms with Gasteiger partial charge in [-0.15, -0.1) is 0 Å². The number of methoxy groups -OCH3 is 2. The summed E-state index contributed by atoms with van der Waals surface area (Å²) < 4.78 is 10.6. The van der Waals surface area contributed by atoms with Gasteiger partial charge in [0, 0.05) is 13.1 Å². The highest BCUT2D eigenvalue weighted by molar-refractivity contribution is 5.81. The van der Waals surface area contributed by atoms with Crippen molar-refractivity contribution in [2.24, 2.45) is 5.92 Å². The Bertz CT molecular complexity index is 666. The summed E-state index contributed by atoms with van der Waals surface area (Å²) in [5.41, 5.74) is 1.95. The number of ether oxygens (including phenoxy) is 2. The fourth-order valence-electron chi connectivity index (χ4n) is 2.74. The van der Waals surface area contributed by atoms with E-state index in [-0.39, 0.29) is 17.9 Å². The van der Waals surface area contributed by atoms with Gasteiger partial charge in [0.15, 0.2) is 0 Å². The number of hydrogen-bond donors (Lipinski definition) is 2. The van der Waals surface area contributed by atoms with Gasteiger partial charge in [-0.2, -0.15) is 0 Å². The van der Waals surface area contributed by atoms with E-state index >= 15 is 0 Å². The molecular weight excluding hydrogens is 304 g/mol. The molecule has 0 spiro atoms. The third kappa shape index (κ3) is 3.51. The molecule has 1 saturated heterocycles. The van der Waals surface area contributed by atoms with Crippen LogP contribution >= 0.6 is 0 Å². The molecule has 1 aliphatic heterocycles. The van der Waals surface area contributed by atoms with E-state index in [2.05, 4.69) is 10.6 Å². The van der Waals surface area contributed by atoms with Crippen molar-refractivity contribution in [3.05, 3.63) is 59.7 Å². The zero-order valence-corrected chi connectivity index (χ0v) is 13.9. The van der Waals surface area contributed by atoms with Crippen molar-refractivity contribution >= 4 is 5.91 Å². The molecule has 1 aliphatic rings. The highest BCUT2D eigenvalue weighted by Gasteiger charge is 2.28. The molecule has 0 atom stereocenters. The van der Waals surface area contributed by atoms with Crippen LogP contribution in [0, 0.1) is 5.92 Å². The predicted octanol–water partition coefficient (Wildman–Crippen LogP) is 2.13. The minimum Gasteiger partial charge on any atom is -0.497 e. The summed E-state index contributed by atoms with van der Waals surface area (Å²) in [6.45, 7) is 1.46. The smallest absolute Gasteiger partial charge is 0.226 e. The Morgan fingerprint density at radius 2 is 1.58 bits per heavy atom. The third-order valence-electron chi connectivity index (χ3n) is 4.29. The summed E-state index contributed by atoms with van der Waals surface area (Å²) in [4.78, 5) is 12.5. The van der Waals surface area contributed by atoms with Crippen LogP contribution in [0.15, 0.2) is 48.5 Å². The van der Waals surface area contributed by atoms with Gasteiger partial charge >= 0.3 is 0 Å². The standard InChI is InChI=1S/C19H22N2O3/c1-23-16-7-3-5-13(9-16)18(21-19(22)15-11-20-12-15)14-6-4-8-17(10-14)24-2/h3-10,15,18,20H,11-12H2,1-2H3,(H,21,22). The van der Waals surface area contributed by atoms with E-state index in [0.29, 0.717) is 0 Å². The van der Waals surface area contributed by atoms with Crippen molar-refractivity contribution in [1.29, 1.82) is 0 Å². The van der Waals surface area contributed by atoms with E-state index in [9.17, 15) is 4.79 Å². The number of amides is 1. The van der Waals surface area contributed by atoms with E-state index in [1.54, 1.807) is 14.2 Å². The Morgan fingerprint density at radius 3 is 2.00 bits per heavy atom. The molecule has 2 aromatic rings. The first-order valence-electron chi connectivity index (χ1n) is 8.00. The molecule has 0 aliphatic carbocycles. The first-order chi connectivity index (χ1) is 11.7. The maximum atomic E-state index is 12.5. The van der Waals surface area contributed by atoms with Crippen LogP contribution in [-0.2, 0) is 4.79 Å². The summed E-state index contributed by atoms with van der Waals surface area (Å²) in [7, 11) is 3.27. The van der Waals surface area contributed by atoms with Gasteiger partial charge in [0.2, 0.25) is 5.91 Å². The average molecular weight is 326 g/mol. The molecule has 0 radical (unpaired) electrons. The monoisotopic (exact) mass is 326 g/mol. The second kappa shape index (κ2) is 7.36. The van der Waals surface area contributed by atoms with Crippen LogP contribution in [0.1, 0.15) is 17.2 Å². The van der Waals surface area contributed by atoms with Gasteiger partial charge in [0.25, 0.3) is 0 Å². The topological polar surface area (TPSA) is 59.6 Å². The minimum atomic E-state index is -0.247. The Morgan fingerprint density at radius 1 is 1.04 bits per heavy atom. The second-order valence-corrected chi connectivity index (χ2v) is 5.85. The Hall–Kier alpha value is -2.53. The van der Waals surface area contributed by atoms with Crippen LogP contribution in [0.2, 0.25) is 0 Å². The van der Waals surface area contributed by atoms with Crippen LogP contribution in [-0.4, -0.2) is 33.2 Å². The Labute approximate surface area is 142 Å². The summed E-state index contributed by atoms with van der Waals surface area (Å²) in [5, 5.41) is 6.29. The molecule has 0 saturated carbocycles. The third-order valence-corrected chi connectivity index (χ3v) is 4.29. The molecule has 0 aromatic heterocycles. The Balaban J connectivity index is 1.93. The summed E-state index contributed by atoms with van der Waals surface area (Å²) in [5.74, 6) is 1.62. The van der Waals surface area contributed by atoms with Crippen molar-refractivity contribution in [2.45, 2.75) is 6.04 Å². The van der Waals surface area contributed by atoms with Crippen LogP contribution in [0.25, 0.3) is 0 Å². The van der Waals surface area contributed by atoms with Crippen molar-refractivity contribution in [1.82, 2.24) is 10.6 Å². The quantitative estimate of drug-likeness (QED) is 0.854. The van der Waals surface area contributed by atoms with Gasteiger partial charge in [-0.3, -0.25) is 4.79 Å². The average Bonchev–Trinajstić information content (AvgIpc) is 2.58. The minimum absolute atomic E-state index is 0.0312. The summed E-state index contributed by atoms with van der Waals surface area (Å²) in [6, 6.07) is 15.3. The van der Waals surface area contributed by atoms with Crippen LogP contribution in [0.3, 0.4) is 0 Å². The van der Waals surface area contributed by atoms with Crippen molar-refractivity contribution in [3.63, 3.8) is 0 Å². The fraction of sp³-hybridized carbons (Fsp3) is 0.316. The number of carbonyl (C=O) groups is 1. The van der Waals surface area contributed by atoms with E-state index in [4.69, 9.17) is 9.47 Å². The number of hydrogen-bond acceptors (Lipinski definition) is 4. The highest BCUT2D eigenvalue weighted by atomic mass is 16.5. The number of carbonyl (C=O) groups excluding carboxylic acids is 1. The van der Waals surface area contributed by atoms with Crippen LogP contribution in [0.5, 0.6) is 11.5 Å². The molecule has 1 amide bonds. The molecule has 5 heteroatoms. The van der Waals surface area contributed by atoms with Crippen LogP contribution in [0.4, 0.5) is 0 Å². The van der Waals surface area contributed by atoms with Gasteiger partial charge in [-0.25, -0.2) is 0 Å². The number of rotatable bonds is 6. The van der Waals surface area contributed by atoms with Gasteiger partial charge in [-0.05, 0) is 35.4 Å². The Kier molecular flexibility index (Phi) is 5.01. The molecule has 3 rings (SSSR count). The maximum Gasteiger partial charge on any atom is 0.226 e. The molecular formula is C19H22N2O3. The second-order valence-electron chi connectivity index (χ2n) is 5.85. The van der Waals surface area contributed by atoms with Gasteiger partial charge < -0.3 is 20.1 Å². The molecule has 2 N–H and O–H groups in total. The molecule has 5 nitrogen and oxygen atoms in total. The van der Waals surface area contributed by atoms with E-state index < -0.39 is 0 Å². The maximum absolute atomic E-state index is 12.5. The fourth-order valence-corrected chi connectivity index (χ4v) is 2.74. The molecule has 1 heterocycles. The van der Waals surface area contributed by atoms with Gasteiger partial charge in [0.05, 0.1) is 26.2 Å².